The highest BCUT2D eigenvalue weighted by Crippen LogP contribution is 2.28. The van der Waals surface area contributed by atoms with Crippen molar-refractivity contribution in [3.05, 3.63) is 53.7 Å². The standard InChI is InChI=1S/C22H27N5O/c1-4-16-8-5-6-9-17(16)14-24-20-18-10-7-11-23-19(18)25-21(26-20)27-12-13-28-15-22(27,2)3/h5-11H,4,12-15H2,1-3H3,(H,23,24,25,26). The molecule has 0 saturated carbocycles. The Morgan fingerprint density at radius 2 is 1.93 bits per heavy atom. The van der Waals surface area contributed by atoms with Crippen LogP contribution < -0.4 is 10.2 Å². The van der Waals surface area contributed by atoms with Gasteiger partial charge in [-0.3, -0.25) is 0 Å². The molecule has 3 heterocycles. The molecule has 0 unspecified atom stereocenters. The highest BCUT2D eigenvalue weighted by molar-refractivity contribution is 5.87. The third kappa shape index (κ3) is 3.64. The minimum Gasteiger partial charge on any atom is -0.377 e. The number of morpholine rings is 1. The number of hydrogen-bond acceptors (Lipinski definition) is 6. The molecule has 0 aliphatic carbocycles. The number of nitrogens with one attached hydrogen (secondary N) is 1. The van der Waals surface area contributed by atoms with Crippen LogP contribution in [0.1, 0.15) is 31.9 Å². The normalized spacial score (nSPS) is 16.3. The van der Waals surface area contributed by atoms with Crippen LogP contribution in [0.25, 0.3) is 11.0 Å². The van der Waals surface area contributed by atoms with Crippen LogP contribution in [0.3, 0.4) is 0 Å². The molecule has 4 rings (SSSR count). The number of aromatic nitrogens is 3. The maximum absolute atomic E-state index is 5.66. The number of anilines is 2. The molecule has 1 aromatic carbocycles. The minimum atomic E-state index is -0.160. The lowest BCUT2D eigenvalue weighted by Gasteiger charge is -2.42. The zero-order valence-electron chi connectivity index (χ0n) is 16.8. The summed E-state index contributed by atoms with van der Waals surface area (Å²) < 4.78 is 5.66. The van der Waals surface area contributed by atoms with E-state index in [9.17, 15) is 0 Å². The predicted molar refractivity (Wildman–Crippen MR) is 113 cm³/mol. The molecular formula is C22H27N5O. The third-order valence-electron chi connectivity index (χ3n) is 5.29. The first-order chi connectivity index (χ1) is 13.6. The zero-order chi connectivity index (χ0) is 19.6. The Labute approximate surface area is 166 Å². The lowest BCUT2D eigenvalue weighted by Crippen LogP contribution is -2.53. The van der Waals surface area contributed by atoms with Crippen molar-refractivity contribution in [2.24, 2.45) is 0 Å². The van der Waals surface area contributed by atoms with Gasteiger partial charge in [0.15, 0.2) is 5.65 Å². The fraction of sp³-hybridized carbons (Fsp3) is 0.409. The van der Waals surface area contributed by atoms with Crippen LogP contribution in [0.2, 0.25) is 0 Å². The monoisotopic (exact) mass is 377 g/mol. The molecule has 0 radical (unpaired) electrons. The summed E-state index contributed by atoms with van der Waals surface area (Å²) in [5.41, 5.74) is 3.18. The molecule has 1 saturated heterocycles. The molecule has 6 heteroatoms. The smallest absolute Gasteiger partial charge is 0.230 e. The van der Waals surface area contributed by atoms with Gasteiger partial charge in [-0.2, -0.15) is 9.97 Å². The Morgan fingerprint density at radius 3 is 2.71 bits per heavy atom. The van der Waals surface area contributed by atoms with E-state index in [4.69, 9.17) is 14.7 Å². The summed E-state index contributed by atoms with van der Waals surface area (Å²) in [6.45, 7) is 9.32. The number of rotatable bonds is 5. The van der Waals surface area contributed by atoms with Crippen LogP contribution in [0, 0.1) is 0 Å². The second kappa shape index (κ2) is 7.72. The van der Waals surface area contributed by atoms with Crippen molar-refractivity contribution < 1.29 is 4.74 Å². The van der Waals surface area contributed by atoms with Gasteiger partial charge in [-0.1, -0.05) is 31.2 Å². The maximum Gasteiger partial charge on any atom is 0.230 e. The number of aryl methyl sites for hydroxylation is 1. The minimum absolute atomic E-state index is 0.160. The predicted octanol–water partition coefficient (Wildman–Crippen LogP) is 3.81. The highest BCUT2D eigenvalue weighted by atomic mass is 16.5. The molecule has 146 valence electrons. The average molecular weight is 377 g/mol. The number of fused-ring (bicyclic) bond motifs is 1. The number of nitrogens with zero attached hydrogens (tertiary/aromatic N) is 4. The maximum atomic E-state index is 5.66. The van der Waals surface area contributed by atoms with Crippen molar-refractivity contribution in [2.75, 3.05) is 30.0 Å². The van der Waals surface area contributed by atoms with E-state index >= 15 is 0 Å². The second-order valence-electron chi connectivity index (χ2n) is 7.74. The van der Waals surface area contributed by atoms with E-state index in [1.54, 1.807) is 6.20 Å². The molecule has 3 aromatic rings. The van der Waals surface area contributed by atoms with E-state index in [0.29, 0.717) is 24.8 Å². The zero-order valence-corrected chi connectivity index (χ0v) is 16.8. The van der Waals surface area contributed by atoms with Crippen LogP contribution in [0.15, 0.2) is 42.6 Å². The van der Waals surface area contributed by atoms with Gasteiger partial charge in [0.25, 0.3) is 0 Å². The Bertz CT molecular complexity index is 972. The van der Waals surface area contributed by atoms with E-state index in [-0.39, 0.29) is 5.54 Å². The van der Waals surface area contributed by atoms with Gasteiger partial charge in [0.1, 0.15) is 5.82 Å². The van der Waals surface area contributed by atoms with Crippen molar-refractivity contribution in [1.29, 1.82) is 0 Å². The fourth-order valence-electron chi connectivity index (χ4n) is 3.69. The van der Waals surface area contributed by atoms with Crippen molar-refractivity contribution in [2.45, 2.75) is 39.3 Å². The lowest BCUT2D eigenvalue weighted by atomic mass is 10.0. The Balaban J connectivity index is 1.70. The first kappa shape index (κ1) is 18.6. The van der Waals surface area contributed by atoms with Crippen molar-refractivity contribution in [1.82, 2.24) is 15.0 Å². The summed E-state index contributed by atoms with van der Waals surface area (Å²) in [5.74, 6) is 1.52. The van der Waals surface area contributed by atoms with Crippen molar-refractivity contribution >= 4 is 22.8 Å². The molecule has 1 fully saturated rings. The lowest BCUT2D eigenvalue weighted by molar-refractivity contribution is 0.0634. The SMILES string of the molecule is CCc1ccccc1CNc1nc(N2CCOCC2(C)C)nc2ncccc12. The highest BCUT2D eigenvalue weighted by Gasteiger charge is 2.33. The van der Waals surface area contributed by atoms with E-state index < -0.39 is 0 Å². The van der Waals surface area contributed by atoms with Gasteiger partial charge in [-0.15, -0.1) is 0 Å². The first-order valence-corrected chi connectivity index (χ1v) is 9.87. The molecular weight excluding hydrogens is 350 g/mol. The summed E-state index contributed by atoms with van der Waals surface area (Å²) in [6.07, 6.45) is 2.79. The molecule has 1 aliphatic rings. The largest absolute Gasteiger partial charge is 0.377 e. The van der Waals surface area contributed by atoms with E-state index in [2.05, 4.69) is 60.2 Å². The van der Waals surface area contributed by atoms with Crippen molar-refractivity contribution in [3.8, 4) is 0 Å². The molecule has 0 atom stereocenters. The van der Waals surface area contributed by atoms with E-state index in [1.807, 2.05) is 12.1 Å². The van der Waals surface area contributed by atoms with Crippen molar-refractivity contribution in [3.63, 3.8) is 0 Å². The summed E-state index contributed by atoms with van der Waals surface area (Å²) in [4.78, 5) is 16.4. The molecule has 6 nitrogen and oxygen atoms in total. The van der Waals surface area contributed by atoms with Crippen LogP contribution in [-0.4, -0.2) is 40.2 Å². The van der Waals surface area contributed by atoms with Gasteiger partial charge < -0.3 is 15.0 Å². The molecule has 1 N–H and O–H groups in total. The van der Waals surface area contributed by atoms with E-state index in [0.717, 1.165) is 30.7 Å². The van der Waals surface area contributed by atoms with Gasteiger partial charge >= 0.3 is 0 Å². The average Bonchev–Trinajstić information content (AvgIpc) is 2.71. The summed E-state index contributed by atoms with van der Waals surface area (Å²) in [7, 11) is 0. The van der Waals surface area contributed by atoms with Gasteiger partial charge in [-0.05, 0) is 43.5 Å². The molecule has 1 aliphatic heterocycles. The van der Waals surface area contributed by atoms with Crippen LogP contribution >= 0.6 is 0 Å². The summed E-state index contributed by atoms with van der Waals surface area (Å²) in [5, 5.41) is 4.47. The van der Waals surface area contributed by atoms with Gasteiger partial charge in [0, 0.05) is 19.3 Å². The van der Waals surface area contributed by atoms with Crippen LogP contribution in [-0.2, 0) is 17.7 Å². The van der Waals surface area contributed by atoms with Gasteiger partial charge in [0.05, 0.1) is 24.1 Å². The van der Waals surface area contributed by atoms with E-state index in [1.165, 1.54) is 11.1 Å². The number of ether oxygens (including phenoxy) is 1. The Morgan fingerprint density at radius 1 is 1.11 bits per heavy atom. The topological polar surface area (TPSA) is 63.2 Å². The van der Waals surface area contributed by atoms with Gasteiger partial charge in [-0.25, -0.2) is 4.98 Å². The number of benzene rings is 1. The van der Waals surface area contributed by atoms with Gasteiger partial charge in [0.2, 0.25) is 5.95 Å². The third-order valence-corrected chi connectivity index (χ3v) is 5.29. The quantitative estimate of drug-likeness (QED) is 0.729. The molecule has 2 aromatic heterocycles. The second-order valence-corrected chi connectivity index (χ2v) is 7.74. The molecule has 0 amide bonds. The molecule has 0 bridgehead atoms. The Hall–Kier alpha value is -2.73. The number of hydrogen-bond donors (Lipinski definition) is 1. The fourth-order valence-corrected chi connectivity index (χ4v) is 3.69. The van der Waals surface area contributed by atoms with Crippen LogP contribution in [0.4, 0.5) is 11.8 Å². The Kier molecular flexibility index (Phi) is 5.13. The summed E-state index contributed by atoms with van der Waals surface area (Å²) in [6, 6.07) is 12.5. The van der Waals surface area contributed by atoms with Crippen LogP contribution in [0.5, 0.6) is 0 Å². The molecule has 28 heavy (non-hydrogen) atoms. The number of pyridine rings is 1. The first-order valence-electron chi connectivity index (χ1n) is 9.87. The molecule has 0 spiro atoms. The summed E-state index contributed by atoms with van der Waals surface area (Å²) >= 11 is 0.